The summed E-state index contributed by atoms with van der Waals surface area (Å²) in [6.07, 6.45) is 1.90. The third kappa shape index (κ3) is 4.88. The van der Waals surface area contributed by atoms with E-state index in [1.54, 1.807) is 6.20 Å². The van der Waals surface area contributed by atoms with Crippen molar-refractivity contribution in [3.8, 4) is 22.5 Å². The summed E-state index contributed by atoms with van der Waals surface area (Å²) in [7, 11) is 0. The Balaban J connectivity index is 1.33. The number of alkyl halides is 3. The highest BCUT2D eigenvalue weighted by atomic mass is 79.9. The molecule has 1 aliphatic heterocycles. The molecule has 5 rings (SSSR count). The predicted octanol–water partition coefficient (Wildman–Crippen LogP) is 6.55. The van der Waals surface area contributed by atoms with Crippen molar-refractivity contribution in [2.45, 2.75) is 25.7 Å². The molecule has 34 heavy (non-hydrogen) atoms. The van der Waals surface area contributed by atoms with Gasteiger partial charge in [-0.15, -0.1) is 0 Å². The van der Waals surface area contributed by atoms with Crippen molar-refractivity contribution in [3.63, 3.8) is 0 Å². The van der Waals surface area contributed by atoms with Crippen LogP contribution in [-0.4, -0.2) is 26.4 Å². The Labute approximate surface area is 203 Å². The van der Waals surface area contributed by atoms with Crippen LogP contribution in [0.15, 0.2) is 77.7 Å². The van der Waals surface area contributed by atoms with E-state index in [2.05, 4.69) is 47.9 Å². The lowest BCUT2D eigenvalue weighted by Crippen LogP contribution is -2.31. The van der Waals surface area contributed by atoms with Gasteiger partial charge in [-0.25, -0.2) is 9.97 Å². The molecule has 0 aliphatic carbocycles. The highest BCUT2D eigenvalue weighted by Crippen LogP contribution is 2.31. The molecular formula is C26H20BrF3N4. The second-order valence-electron chi connectivity index (χ2n) is 8.24. The maximum Gasteiger partial charge on any atom is 0.416 e. The van der Waals surface area contributed by atoms with Crippen LogP contribution in [0.3, 0.4) is 0 Å². The SMILES string of the molecule is FC(F)(F)c1ccc(-c2ncc3c(n2)CCN(Cc2cnccc2-c2cccc(Br)c2)C3)cc1. The Hall–Kier alpha value is -3.10. The Kier molecular flexibility index (Phi) is 6.18. The van der Waals surface area contributed by atoms with Gasteiger partial charge in [-0.1, -0.05) is 40.2 Å². The summed E-state index contributed by atoms with van der Waals surface area (Å²) >= 11 is 3.55. The van der Waals surface area contributed by atoms with Crippen molar-refractivity contribution in [2.75, 3.05) is 6.54 Å². The summed E-state index contributed by atoms with van der Waals surface area (Å²) in [6.45, 7) is 2.27. The van der Waals surface area contributed by atoms with E-state index in [4.69, 9.17) is 0 Å². The van der Waals surface area contributed by atoms with Gasteiger partial charge in [0.15, 0.2) is 5.82 Å². The van der Waals surface area contributed by atoms with Gasteiger partial charge in [-0.05, 0) is 47.0 Å². The molecule has 0 saturated heterocycles. The van der Waals surface area contributed by atoms with Crippen LogP contribution in [0, 0.1) is 0 Å². The van der Waals surface area contributed by atoms with Crippen molar-refractivity contribution in [1.29, 1.82) is 0 Å². The number of pyridine rings is 1. The van der Waals surface area contributed by atoms with Gasteiger partial charge < -0.3 is 0 Å². The molecule has 2 aromatic carbocycles. The molecule has 3 heterocycles. The van der Waals surface area contributed by atoms with Crippen LogP contribution in [0.5, 0.6) is 0 Å². The molecule has 2 aromatic heterocycles. The molecule has 0 radical (unpaired) electrons. The van der Waals surface area contributed by atoms with E-state index in [0.29, 0.717) is 17.9 Å². The quantitative estimate of drug-likeness (QED) is 0.303. The van der Waals surface area contributed by atoms with Crippen LogP contribution in [0.4, 0.5) is 13.2 Å². The largest absolute Gasteiger partial charge is 0.416 e. The second-order valence-corrected chi connectivity index (χ2v) is 9.16. The van der Waals surface area contributed by atoms with E-state index in [1.807, 2.05) is 30.6 Å². The first kappa shape index (κ1) is 22.7. The Morgan fingerprint density at radius 3 is 2.56 bits per heavy atom. The van der Waals surface area contributed by atoms with Crippen molar-refractivity contribution in [1.82, 2.24) is 19.9 Å². The fraction of sp³-hybridized carbons (Fsp3) is 0.192. The third-order valence-corrected chi connectivity index (χ3v) is 6.41. The maximum absolute atomic E-state index is 12.8. The lowest BCUT2D eigenvalue weighted by Gasteiger charge is -2.28. The molecule has 172 valence electrons. The van der Waals surface area contributed by atoms with E-state index in [0.717, 1.165) is 64.1 Å². The van der Waals surface area contributed by atoms with E-state index in [-0.39, 0.29) is 0 Å². The number of hydrogen-bond donors (Lipinski definition) is 0. The number of halogens is 4. The number of benzene rings is 2. The van der Waals surface area contributed by atoms with Gasteiger partial charge in [0.2, 0.25) is 0 Å². The van der Waals surface area contributed by atoms with Crippen molar-refractivity contribution in [3.05, 3.63) is 100 Å². The maximum atomic E-state index is 12.8. The van der Waals surface area contributed by atoms with Crippen LogP contribution < -0.4 is 0 Å². The minimum Gasteiger partial charge on any atom is -0.294 e. The molecule has 0 saturated carbocycles. The van der Waals surface area contributed by atoms with Gasteiger partial charge in [0.1, 0.15) is 0 Å². The number of rotatable bonds is 4. The zero-order chi connectivity index (χ0) is 23.7. The van der Waals surface area contributed by atoms with Crippen molar-refractivity contribution in [2.24, 2.45) is 0 Å². The summed E-state index contributed by atoms with van der Waals surface area (Å²) in [5.74, 6) is 0.449. The molecule has 4 aromatic rings. The highest BCUT2D eigenvalue weighted by molar-refractivity contribution is 9.10. The number of aromatic nitrogens is 3. The van der Waals surface area contributed by atoms with Crippen LogP contribution in [-0.2, 0) is 25.7 Å². The Morgan fingerprint density at radius 1 is 0.971 bits per heavy atom. The topological polar surface area (TPSA) is 41.9 Å². The molecule has 0 atom stereocenters. The normalized spacial score (nSPS) is 14.1. The number of nitrogens with zero attached hydrogens (tertiary/aromatic N) is 4. The molecular weight excluding hydrogens is 505 g/mol. The zero-order valence-electron chi connectivity index (χ0n) is 18.1. The van der Waals surface area contributed by atoms with Crippen molar-refractivity contribution >= 4 is 15.9 Å². The molecule has 8 heteroatoms. The van der Waals surface area contributed by atoms with Crippen LogP contribution in [0.2, 0.25) is 0 Å². The van der Waals surface area contributed by atoms with Gasteiger partial charge in [0.25, 0.3) is 0 Å². The second kappa shape index (κ2) is 9.27. The Morgan fingerprint density at radius 2 is 1.79 bits per heavy atom. The summed E-state index contributed by atoms with van der Waals surface area (Å²) in [5, 5.41) is 0. The minimum absolute atomic E-state index is 0.449. The molecule has 0 N–H and O–H groups in total. The van der Waals surface area contributed by atoms with E-state index in [9.17, 15) is 13.2 Å². The van der Waals surface area contributed by atoms with E-state index >= 15 is 0 Å². The molecule has 1 aliphatic rings. The van der Waals surface area contributed by atoms with Crippen LogP contribution in [0.1, 0.15) is 22.4 Å². The summed E-state index contributed by atoms with van der Waals surface area (Å²) in [5.41, 5.74) is 5.31. The van der Waals surface area contributed by atoms with Gasteiger partial charge in [-0.3, -0.25) is 9.88 Å². The average Bonchev–Trinajstić information content (AvgIpc) is 2.84. The first-order valence-electron chi connectivity index (χ1n) is 10.8. The molecule has 0 unspecified atom stereocenters. The number of fused-ring (bicyclic) bond motifs is 1. The first-order valence-corrected chi connectivity index (χ1v) is 11.6. The fourth-order valence-electron chi connectivity index (χ4n) is 4.19. The first-order chi connectivity index (χ1) is 16.4. The predicted molar refractivity (Wildman–Crippen MR) is 128 cm³/mol. The van der Waals surface area contributed by atoms with Gasteiger partial charge in [-0.2, -0.15) is 13.2 Å². The average molecular weight is 525 g/mol. The van der Waals surface area contributed by atoms with Crippen LogP contribution in [0.25, 0.3) is 22.5 Å². The minimum atomic E-state index is -4.36. The summed E-state index contributed by atoms with van der Waals surface area (Å²) < 4.78 is 39.5. The highest BCUT2D eigenvalue weighted by Gasteiger charge is 2.30. The molecule has 0 fully saturated rings. The van der Waals surface area contributed by atoms with E-state index < -0.39 is 11.7 Å². The van der Waals surface area contributed by atoms with E-state index in [1.165, 1.54) is 12.1 Å². The third-order valence-electron chi connectivity index (χ3n) is 5.92. The molecule has 0 bridgehead atoms. The van der Waals surface area contributed by atoms with Gasteiger partial charge in [0.05, 0.1) is 11.3 Å². The Bertz CT molecular complexity index is 1320. The molecule has 0 amide bonds. The van der Waals surface area contributed by atoms with Crippen LogP contribution >= 0.6 is 15.9 Å². The number of hydrogen-bond acceptors (Lipinski definition) is 4. The lowest BCUT2D eigenvalue weighted by molar-refractivity contribution is -0.137. The standard InChI is InChI=1S/C26H20BrF3N4/c27-22-3-1-2-18(12-22)23-8-10-31-13-19(23)15-34-11-9-24-20(16-34)14-32-25(33-24)17-4-6-21(7-5-17)26(28,29)30/h1-8,10,12-14H,9,11,15-16H2. The molecule has 4 nitrogen and oxygen atoms in total. The van der Waals surface area contributed by atoms with Gasteiger partial charge in [0, 0.05) is 60.2 Å². The molecule has 0 spiro atoms. The fourth-order valence-corrected chi connectivity index (χ4v) is 4.59. The smallest absolute Gasteiger partial charge is 0.294 e. The monoisotopic (exact) mass is 524 g/mol. The zero-order valence-corrected chi connectivity index (χ0v) is 19.6. The summed E-state index contributed by atoms with van der Waals surface area (Å²) in [6, 6.07) is 15.2. The van der Waals surface area contributed by atoms with Gasteiger partial charge >= 0.3 is 6.18 Å². The van der Waals surface area contributed by atoms with Crippen molar-refractivity contribution < 1.29 is 13.2 Å². The summed E-state index contributed by atoms with van der Waals surface area (Å²) in [4.78, 5) is 15.8. The lowest BCUT2D eigenvalue weighted by atomic mass is 10.00.